The zero-order valence-corrected chi connectivity index (χ0v) is 18.3. The fraction of sp³-hybridized carbons (Fsp3) is 0.269. The van der Waals surface area contributed by atoms with Gasteiger partial charge in [0.1, 0.15) is 12.4 Å². The maximum atomic E-state index is 12.1. The number of ether oxygens (including phenoxy) is 3. The van der Waals surface area contributed by atoms with Crippen LogP contribution < -0.4 is 4.74 Å². The van der Waals surface area contributed by atoms with Gasteiger partial charge in [-0.3, -0.25) is 9.97 Å². The van der Waals surface area contributed by atoms with Gasteiger partial charge < -0.3 is 14.2 Å². The van der Waals surface area contributed by atoms with E-state index in [4.69, 9.17) is 14.2 Å². The Bertz CT molecular complexity index is 1080. The number of carbonyl (C=O) groups excluding carboxylic acids is 1. The van der Waals surface area contributed by atoms with Gasteiger partial charge in [-0.1, -0.05) is 18.2 Å². The first-order valence-electron chi connectivity index (χ1n) is 10.8. The zero-order chi connectivity index (χ0) is 22.3. The molecule has 1 unspecified atom stereocenters. The summed E-state index contributed by atoms with van der Waals surface area (Å²) in [5.41, 5.74) is 6.23. The predicted molar refractivity (Wildman–Crippen MR) is 122 cm³/mol. The van der Waals surface area contributed by atoms with Gasteiger partial charge in [-0.25, -0.2) is 4.79 Å². The largest absolute Gasteiger partial charge is 0.490 e. The van der Waals surface area contributed by atoms with Gasteiger partial charge in [0.15, 0.2) is 6.10 Å². The third-order valence-electron chi connectivity index (χ3n) is 5.24. The Kier molecular flexibility index (Phi) is 6.92. The molecule has 32 heavy (non-hydrogen) atoms. The second kappa shape index (κ2) is 10.2. The summed E-state index contributed by atoms with van der Waals surface area (Å²) >= 11 is 0. The monoisotopic (exact) mass is 430 g/mol. The Morgan fingerprint density at radius 1 is 1.03 bits per heavy atom. The van der Waals surface area contributed by atoms with E-state index in [0.29, 0.717) is 26.2 Å². The second-order valence-corrected chi connectivity index (χ2v) is 7.30. The van der Waals surface area contributed by atoms with Crippen LogP contribution in [0, 0.1) is 0 Å². The lowest BCUT2D eigenvalue weighted by atomic mass is 10.1. The number of hydrogen-bond donors (Lipinski definition) is 0. The highest BCUT2D eigenvalue weighted by Crippen LogP contribution is 2.42. The van der Waals surface area contributed by atoms with E-state index in [1.165, 1.54) is 0 Å². The van der Waals surface area contributed by atoms with E-state index in [2.05, 4.69) is 16.0 Å². The van der Waals surface area contributed by atoms with Crippen molar-refractivity contribution in [3.8, 4) is 16.9 Å². The number of rotatable bonds is 9. The van der Waals surface area contributed by atoms with E-state index in [-0.39, 0.29) is 5.97 Å². The first-order chi connectivity index (χ1) is 15.7. The van der Waals surface area contributed by atoms with E-state index in [1.807, 2.05) is 55.6 Å². The molecule has 6 heteroatoms. The van der Waals surface area contributed by atoms with Crippen LogP contribution in [0.1, 0.15) is 30.7 Å². The summed E-state index contributed by atoms with van der Waals surface area (Å²) in [6.07, 6.45) is 7.31. The van der Waals surface area contributed by atoms with Gasteiger partial charge >= 0.3 is 5.97 Å². The van der Waals surface area contributed by atoms with Crippen LogP contribution in [0.2, 0.25) is 0 Å². The smallest absolute Gasteiger partial charge is 0.335 e. The summed E-state index contributed by atoms with van der Waals surface area (Å²) in [7, 11) is 0. The number of carbonyl (C=O) groups is 1. The van der Waals surface area contributed by atoms with Crippen LogP contribution in [0.15, 0.2) is 67.1 Å². The third kappa shape index (κ3) is 4.70. The number of pyridine rings is 2. The highest BCUT2D eigenvalue weighted by molar-refractivity contribution is 5.99. The normalized spacial score (nSPS) is 14.0. The second-order valence-electron chi connectivity index (χ2n) is 7.30. The highest BCUT2D eigenvalue weighted by atomic mass is 16.6. The zero-order valence-electron chi connectivity index (χ0n) is 18.3. The van der Waals surface area contributed by atoms with Crippen molar-refractivity contribution in [2.24, 2.45) is 0 Å². The van der Waals surface area contributed by atoms with E-state index >= 15 is 0 Å². The summed E-state index contributed by atoms with van der Waals surface area (Å²) in [6, 6.07) is 13.7. The maximum Gasteiger partial charge on any atom is 0.335 e. The van der Waals surface area contributed by atoms with E-state index in [9.17, 15) is 4.79 Å². The molecule has 0 spiro atoms. The van der Waals surface area contributed by atoms with Crippen LogP contribution in [-0.2, 0) is 20.7 Å². The molecule has 164 valence electrons. The molecule has 1 aliphatic carbocycles. The SMILES string of the molecule is CCOC(=O)C(Cc1cccc(OCC=C2c3cnccc3-c3cccnc32)c1)OCC. The predicted octanol–water partition coefficient (Wildman–Crippen LogP) is 4.48. The minimum atomic E-state index is -0.623. The Morgan fingerprint density at radius 2 is 1.94 bits per heavy atom. The van der Waals surface area contributed by atoms with Gasteiger partial charge in [0.25, 0.3) is 0 Å². The first kappa shape index (κ1) is 21.7. The van der Waals surface area contributed by atoms with Gasteiger partial charge in [-0.05, 0) is 55.3 Å². The maximum absolute atomic E-state index is 12.1. The van der Waals surface area contributed by atoms with E-state index in [0.717, 1.165) is 39.3 Å². The van der Waals surface area contributed by atoms with Crippen molar-refractivity contribution in [1.82, 2.24) is 9.97 Å². The molecule has 3 aromatic rings. The molecule has 2 heterocycles. The van der Waals surface area contributed by atoms with Crippen LogP contribution >= 0.6 is 0 Å². The molecular weight excluding hydrogens is 404 g/mol. The van der Waals surface area contributed by atoms with Crippen LogP contribution in [0.5, 0.6) is 5.75 Å². The molecular formula is C26H26N2O4. The number of hydrogen-bond acceptors (Lipinski definition) is 6. The van der Waals surface area contributed by atoms with Crippen molar-refractivity contribution >= 4 is 11.5 Å². The number of aromatic nitrogens is 2. The number of esters is 1. The van der Waals surface area contributed by atoms with Gasteiger partial charge in [-0.2, -0.15) is 0 Å². The molecule has 1 aromatic carbocycles. The van der Waals surface area contributed by atoms with Crippen molar-refractivity contribution in [1.29, 1.82) is 0 Å². The van der Waals surface area contributed by atoms with Crippen molar-refractivity contribution in [2.75, 3.05) is 19.8 Å². The standard InChI is InChI=1S/C26H26N2O4/c1-3-30-24(26(29)31-4-2)16-18-7-5-8-19(15-18)32-14-11-22-23-17-27-13-10-20(23)21-9-6-12-28-25(21)22/h5-13,15,17,24H,3-4,14,16H2,1-2H3. The Labute approximate surface area is 187 Å². The topological polar surface area (TPSA) is 70.5 Å². The van der Waals surface area contributed by atoms with Crippen molar-refractivity contribution in [3.63, 3.8) is 0 Å². The van der Waals surface area contributed by atoms with Crippen molar-refractivity contribution in [3.05, 3.63) is 84.0 Å². The summed E-state index contributed by atoms with van der Waals surface area (Å²) in [4.78, 5) is 21.0. The summed E-state index contributed by atoms with van der Waals surface area (Å²) in [5, 5.41) is 0. The average Bonchev–Trinajstić information content (AvgIpc) is 3.13. The molecule has 0 amide bonds. The molecule has 0 N–H and O–H groups in total. The van der Waals surface area contributed by atoms with Gasteiger partial charge in [0.05, 0.1) is 12.3 Å². The van der Waals surface area contributed by atoms with Gasteiger partial charge in [-0.15, -0.1) is 0 Å². The minimum absolute atomic E-state index is 0.330. The molecule has 0 radical (unpaired) electrons. The fourth-order valence-corrected chi connectivity index (χ4v) is 3.86. The Morgan fingerprint density at radius 3 is 2.78 bits per heavy atom. The molecule has 6 nitrogen and oxygen atoms in total. The number of benzene rings is 1. The van der Waals surface area contributed by atoms with Gasteiger partial charge in [0, 0.05) is 48.3 Å². The molecule has 2 aromatic heterocycles. The molecule has 0 fully saturated rings. The molecule has 0 bridgehead atoms. The molecule has 0 saturated carbocycles. The minimum Gasteiger partial charge on any atom is -0.490 e. The van der Waals surface area contributed by atoms with Crippen LogP contribution in [0.4, 0.5) is 0 Å². The van der Waals surface area contributed by atoms with Gasteiger partial charge in [0.2, 0.25) is 0 Å². The molecule has 0 saturated heterocycles. The lowest BCUT2D eigenvalue weighted by molar-refractivity contribution is -0.156. The number of fused-ring (bicyclic) bond motifs is 3. The molecule has 4 rings (SSSR count). The number of nitrogens with zero attached hydrogens (tertiary/aromatic N) is 2. The van der Waals surface area contributed by atoms with Crippen LogP contribution in [0.25, 0.3) is 16.7 Å². The lowest BCUT2D eigenvalue weighted by Crippen LogP contribution is -2.29. The highest BCUT2D eigenvalue weighted by Gasteiger charge is 2.24. The van der Waals surface area contributed by atoms with E-state index < -0.39 is 6.10 Å². The van der Waals surface area contributed by atoms with Crippen LogP contribution in [-0.4, -0.2) is 41.9 Å². The Balaban J connectivity index is 1.47. The van der Waals surface area contributed by atoms with Crippen LogP contribution in [0.3, 0.4) is 0 Å². The van der Waals surface area contributed by atoms with E-state index in [1.54, 1.807) is 19.3 Å². The average molecular weight is 431 g/mol. The molecule has 1 aliphatic rings. The fourth-order valence-electron chi connectivity index (χ4n) is 3.86. The molecule has 0 aliphatic heterocycles. The summed E-state index contributed by atoms with van der Waals surface area (Å²) in [6.45, 7) is 4.81. The molecule has 1 atom stereocenters. The Hall–Kier alpha value is -3.51. The quantitative estimate of drug-likeness (QED) is 0.365. The third-order valence-corrected chi connectivity index (χ3v) is 5.24. The first-order valence-corrected chi connectivity index (χ1v) is 10.8. The van der Waals surface area contributed by atoms with Crippen molar-refractivity contribution < 1.29 is 19.0 Å². The summed E-state index contributed by atoms with van der Waals surface area (Å²) in [5.74, 6) is 0.384. The van der Waals surface area contributed by atoms with Crippen molar-refractivity contribution in [2.45, 2.75) is 26.4 Å². The lowest BCUT2D eigenvalue weighted by Gasteiger charge is -2.16. The summed E-state index contributed by atoms with van der Waals surface area (Å²) < 4.78 is 16.7.